The van der Waals surface area contributed by atoms with Crippen molar-refractivity contribution in [2.45, 2.75) is 17.6 Å². The van der Waals surface area contributed by atoms with E-state index in [1.54, 1.807) is 0 Å². The fraction of sp³-hybridized carbons (Fsp3) is 0.143. The molecule has 0 radical (unpaired) electrons. The number of halogens is 1. The van der Waals surface area contributed by atoms with E-state index in [1.807, 2.05) is 11.8 Å². The summed E-state index contributed by atoms with van der Waals surface area (Å²) in [5.74, 6) is 1.03. The zero-order valence-corrected chi connectivity index (χ0v) is 11.5. The highest BCUT2D eigenvalue weighted by atomic mass is 79.9. The molecule has 0 N–H and O–H groups in total. The molecule has 2 aromatic carbocycles. The molecule has 2 heteroatoms. The van der Waals surface area contributed by atoms with Crippen molar-refractivity contribution >= 4 is 27.7 Å². The average Bonchev–Trinajstić information content (AvgIpc) is 2.30. The number of rotatable bonds is 3. The van der Waals surface area contributed by atoms with Crippen LogP contribution in [-0.4, -0.2) is 0 Å². The third kappa shape index (κ3) is 3.13. The summed E-state index contributed by atoms with van der Waals surface area (Å²) in [7, 11) is 0. The van der Waals surface area contributed by atoms with Crippen LogP contribution in [-0.2, 0) is 5.75 Å². The summed E-state index contributed by atoms with van der Waals surface area (Å²) in [5, 5.41) is 0. The molecule has 16 heavy (non-hydrogen) atoms. The van der Waals surface area contributed by atoms with Gasteiger partial charge in [0.05, 0.1) is 0 Å². The zero-order valence-electron chi connectivity index (χ0n) is 9.11. The van der Waals surface area contributed by atoms with Crippen molar-refractivity contribution in [3.05, 3.63) is 64.1 Å². The molecule has 0 unspecified atom stereocenters. The van der Waals surface area contributed by atoms with Crippen molar-refractivity contribution in [1.82, 2.24) is 0 Å². The van der Waals surface area contributed by atoms with Crippen molar-refractivity contribution in [2.75, 3.05) is 0 Å². The first-order chi connectivity index (χ1) is 7.75. The van der Waals surface area contributed by atoms with Crippen LogP contribution in [0, 0.1) is 6.92 Å². The van der Waals surface area contributed by atoms with E-state index in [0.717, 1.165) is 10.2 Å². The summed E-state index contributed by atoms with van der Waals surface area (Å²) >= 11 is 5.34. The fourth-order valence-electron chi connectivity index (χ4n) is 1.46. The Morgan fingerprint density at radius 3 is 2.38 bits per heavy atom. The van der Waals surface area contributed by atoms with Gasteiger partial charge in [-0.25, -0.2) is 0 Å². The Balaban J connectivity index is 2.02. The minimum Gasteiger partial charge on any atom is -0.121 e. The molecule has 0 aliphatic carbocycles. The van der Waals surface area contributed by atoms with Gasteiger partial charge in [0.15, 0.2) is 0 Å². The molecule has 0 aliphatic rings. The van der Waals surface area contributed by atoms with Crippen LogP contribution in [0.3, 0.4) is 0 Å². The number of hydrogen-bond acceptors (Lipinski definition) is 1. The lowest BCUT2D eigenvalue weighted by Crippen LogP contribution is -1.82. The maximum atomic E-state index is 3.45. The summed E-state index contributed by atoms with van der Waals surface area (Å²) in [6.07, 6.45) is 0. The average molecular weight is 293 g/mol. The van der Waals surface area contributed by atoms with Crippen LogP contribution >= 0.6 is 27.7 Å². The summed E-state index contributed by atoms with van der Waals surface area (Å²) in [5.41, 5.74) is 2.71. The van der Waals surface area contributed by atoms with Crippen molar-refractivity contribution in [3.8, 4) is 0 Å². The van der Waals surface area contributed by atoms with Gasteiger partial charge in [0, 0.05) is 15.1 Å². The molecule has 0 aromatic heterocycles. The molecule has 0 nitrogen and oxygen atoms in total. The second-order valence-corrected chi connectivity index (χ2v) is 5.61. The lowest BCUT2D eigenvalue weighted by molar-refractivity contribution is 1.29. The van der Waals surface area contributed by atoms with Crippen LogP contribution in [0.1, 0.15) is 11.1 Å². The van der Waals surface area contributed by atoms with Gasteiger partial charge < -0.3 is 0 Å². The van der Waals surface area contributed by atoms with Gasteiger partial charge in [-0.2, -0.15) is 0 Å². The fourth-order valence-corrected chi connectivity index (χ4v) is 2.71. The molecular weight excluding hydrogens is 280 g/mol. The monoisotopic (exact) mass is 292 g/mol. The maximum Gasteiger partial charge on any atom is 0.0232 e. The van der Waals surface area contributed by atoms with Crippen molar-refractivity contribution in [2.24, 2.45) is 0 Å². The van der Waals surface area contributed by atoms with Gasteiger partial charge in [-0.05, 0) is 36.2 Å². The molecule has 0 bridgehead atoms. The van der Waals surface area contributed by atoms with E-state index in [4.69, 9.17) is 0 Å². The lowest BCUT2D eigenvalue weighted by Gasteiger charge is -2.05. The van der Waals surface area contributed by atoms with E-state index in [1.165, 1.54) is 16.0 Å². The number of benzene rings is 2. The highest BCUT2D eigenvalue weighted by Gasteiger charge is 1.99. The highest BCUT2D eigenvalue weighted by Crippen LogP contribution is 2.26. The second kappa shape index (κ2) is 5.55. The Bertz CT molecular complexity index is 462. The molecular formula is C14H13BrS. The molecule has 0 aliphatic heterocycles. The predicted molar refractivity (Wildman–Crippen MR) is 74.9 cm³/mol. The Hall–Kier alpha value is -0.730. The van der Waals surface area contributed by atoms with Crippen LogP contribution in [0.2, 0.25) is 0 Å². The summed E-state index contributed by atoms with van der Waals surface area (Å²) in [4.78, 5) is 1.37. The SMILES string of the molecule is Cc1ccccc1SCc1ccc(Br)cc1. The summed E-state index contributed by atoms with van der Waals surface area (Å²) in [6.45, 7) is 2.16. The minimum atomic E-state index is 1.03. The molecule has 0 spiro atoms. The van der Waals surface area contributed by atoms with Gasteiger partial charge in [0.2, 0.25) is 0 Å². The van der Waals surface area contributed by atoms with Gasteiger partial charge in [-0.15, -0.1) is 11.8 Å². The molecule has 0 saturated heterocycles. The third-order valence-corrected chi connectivity index (χ3v) is 4.18. The second-order valence-electron chi connectivity index (χ2n) is 3.68. The largest absolute Gasteiger partial charge is 0.121 e. The van der Waals surface area contributed by atoms with Crippen molar-refractivity contribution < 1.29 is 0 Å². The van der Waals surface area contributed by atoms with Gasteiger partial charge in [-0.1, -0.05) is 46.3 Å². The van der Waals surface area contributed by atoms with E-state index in [0.29, 0.717) is 0 Å². The molecule has 82 valence electrons. The lowest BCUT2D eigenvalue weighted by atomic mass is 10.2. The predicted octanol–water partition coefficient (Wildman–Crippen LogP) is 5.05. The number of thioether (sulfide) groups is 1. The normalized spacial score (nSPS) is 10.4. The van der Waals surface area contributed by atoms with E-state index < -0.39 is 0 Å². The van der Waals surface area contributed by atoms with Crippen LogP contribution in [0.4, 0.5) is 0 Å². The first-order valence-corrected chi connectivity index (χ1v) is 6.96. The van der Waals surface area contributed by atoms with E-state index in [-0.39, 0.29) is 0 Å². The molecule has 0 atom stereocenters. The van der Waals surface area contributed by atoms with Crippen LogP contribution < -0.4 is 0 Å². The Kier molecular flexibility index (Phi) is 4.08. The first-order valence-electron chi connectivity index (χ1n) is 5.18. The number of hydrogen-bond donors (Lipinski definition) is 0. The van der Waals surface area contributed by atoms with E-state index in [9.17, 15) is 0 Å². The highest BCUT2D eigenvalue weighted by molar-refractivity contribution is 9.10. The van der Waals surface area contributed by atoms with Gasteiger partial charge in [0.25, 0.3) is 0 Å². The standard InChI is InChI=1S/C14H13BrS/c1-11-4-2-3-5-14(11)16-10-12-6-8-13(15)9-7-12/h2-9H,10H2,1H3. The third-order valence-electron chi connectivity index (χ3n) is 2.40. The zero-order chi connectivity index (χ0) is 11.4. The Morgan fingerprint density at radius 2 is 1.69 bits per heavy atom. The maximum absolute atomic E-state index is 3.45. The van der Waals surface area contributed by atoms with Gasteiger partial charge in [-0.3, -0.25) is 0 Å². The molecule has 0 heterocycles. The summed E-state index contributed by atoms with van der Waals surface area (Å²) < 4.78 is 1.14. The van der Waals surface area contributed by atoms with Crippen LogP contribution in [0.25, 0.3) is 0 Å². The molecule has 0 amide bonds. The first kappa shape index (κ1) is 11.7. The summed E-state index contributed by atoms with van der Waals surface area (Å²) in [6, 6.07) is 17.0. The quantitative estimate of drug-likeness (QED) is 0.714. The van der Waals surface area contributed by atoms with Gasteiger partial charge in [0.1, 0.15) is 0 Å². The van der Waals surface area contributed by atoms with Crippen LogP contribution in [0.15, 0.2) is 57.9 Å². The minimum absolute atomic E-state index is 1.03. The topological polar surface area (TPSA) is 0 Å². The van der Waals surface area contributed by atoms with Crippen molar-refractivity contribution in [1.29, 1.82) is 0 Å². The Labute approximate surface area is 109 Å². The smallest absolute Gasteiger partial charge is 0.0232 e. The van der Waals surface area contributed by atoms with E-state index in [2.05, 4.69) is 71.4 Å². The van der Waals surface area contributed by atoms with E-state index >= 15 is 0 Å². The molecule has 0 saturated carbocycles. The molecule has 2 aromatic rings. The van der Waals surface area contributed by atoms with Crippen LogP contribution in [0.5, 0.6) is 0 Å². The molecule has 2 rings (SSSR count). The van der Waals surface area contributed by atoms with Crippen molar-refractivity contribution in [3.63, 3.8) is 0 Å². The number of aryl methyl sites for hydroxylation is 1. The van der Waals surface area contributed by atoms with Gasteiger partial charge >= 0.3 is 0 Å². The Morgan fingerprint density at radius 1 is 1.00 bits per heavy atom. The molecule has 0 fully saturated rings.